The van der Waals surface area contributed by atoms with Gasteiger partial charge in [-0.1, -0.05) is 62.4 Å². The van der Waals surface area contributed by atoms with Gasteiger partial charge in [0.15, 0.2) is 0 Å². The van der Waals surface area contributed by atoms with Crippen LogP contribution < -0.4 is 5.73 Å². The van der Waals surface area contributed by atoms with E-state index in [0.717, 1.165) is 5.56 Å². The molecular formula is C23H23F2NO. The van der Waals surface area contributed by atoms with Gasteiger partial charge < -0.3 is 5.73 Å². The lowest BCUT2D eigenvalue weighted by atomic mass is 9.67. The lowest BCUT2D eigenvalue weighted by Gasteiger charge is -2.34. The molecular weight excluding hydrogens is 344 g/mol. The molecule has 0 aliphatic heterocycles. The van der Waals surface area contributed by atoms with Gasteiger partial charge in [-0.3, -0.25) is 4.79 Å². The summed E-state index contributed by atoms with van der Waals surface area (Å²) in [5.41, 5.74) is 7.14. The van der Waals surface area contributed by atoms with Gasteiger partial charge in [-0.05, 0) is 53.4 Å². The van der Waals surface area contributed by atoms with E-state index >= 15 is 0 Å². The second-order valence-electron chi connectivity index (χ2n) is 5.94. The molecule has 3 aromatic rings. The van der Waals surface area contributed by atoms with Crippen LogP contribution in [0.5, 0.6) is 0 Å². The van der Waals surface area contributed by atoms with Crippen LogP contribution in [-0.2, 0) is 10.2 Å². The average molecular weight is 367 g/mol. The van der Waals surface area contributed by atoms with Crippen molar-refractivity contribution in [3.05, 3.63) is 107 Å². The molecule has 0 aromatic heterocycles. The molecule has 0 radical (unpaired) electrons. The molecule has 1 amide bonds. The minimum absolute atomic E-state index is 0.411. The maximum absolute atomic E-state index is 13.4. The molecule has 0 heterocycles. The first-order chi connectivity index (χ1) is 13.0. The maximum atomic E-state index is 13.4. The number of halogens is 2. The molecule has 0 bridgehead atoms. The van der Waals surface area contributed by atoms with E-state index in [1.165, 1.54) is 48.5 Å². The van der Waals surface area contributed by atoms with Crippen molar-refractivity contribution in [3.8, 4) is 0 Å². The predicted molar refractivity (Wildman–Crippen MR) is 104 cm³/mol. The van der Waals surface area contributed by atoms with Crippen LogP contribution in [0.15, 0.2) is 72.8 Å². The summed E-state index contributed by atoms with van der Waals surface area (Å²) in [4.78, 5) is 12.8. The molecule has 0 saturated carbocycles. The first-order valence-corrected chi connectivity index (χ1v) is 8.84. The third-order valence-electron chi connectivity index (χ3n) is 4.47. The van der Waals surface area contributed by atoms with Crippen LogP contribution in [0.3, 0.4) is 0 Å². The lowest BCUT2D eigenvalue weighted by molar-refractivity contribution is -0.121. The van der Waals surface area contributed by atoms with E-state index in [0.29, 0.717) is 16.7 Å². The molecule has 27 heavy (non-hydrogen) atoms. The van der Waals surface area contributed by atoms with Crippen LogP contribution in [0.25, 0.3) is 0 Å². The van der Waals surface area contributed by atoms with Crippen molar-refractivity contribution in [1.29, 1.82) is 0 Å². The summed E-state index contributed by atoms with van der Waals surface area (Å²) >= 11 is 0. The monoisotopic (exact) mass is 367 g/mol. The van der Waals surface area contributed by atoms with Crippen LogP contribution in [0.2, 0.25) is 0 Å². The maximum Gasteiger partial charge on any atom is 0.237 e. The molecule has 0 atom stereocenters. The Labute approximate surface area is 158 Å². The number of rotatable bonds is 4. The highest BCUT2D eigenvalue weighted by Gasteiger charge is 2.43. The molecule has 0 aliphatic rings. The van der Waals surface area contributed by atoms with E-state index in [-0.39, 0.29) is 0 Å². The summed E-state index contributed by atoms with van der Waals surface area (Å²) in [7, 11) is 0. The molecule has 2 N–H and O–H groups in total. The lowest BCUT2D eigenvalue weighted by Crippen LogP contribution is -2.44. The van der Waals surface area contributed by atoms with Crippen LogP contribution >= 0.6 is 0 Å². The number of hydrogen-bond donors (Lipinski definition) is 1. The van der Waals surface area contributed by atoms with Crippen molar-refractivity contribution in [1.82, 2.24) is 0 Å². The smallest absolute Gasteiger partial charge is 0.237 e. The Hall–Kier alpha value is -3.01. The van der Waals surface area contributed by atoms with Crippen molar-refractivity contribution in [2.45, 2.75) is 26.2 Å². The molecule has 4 heteroatoms. The minimum atomic E-state index is -1.34. The second kappa shape index (κ2) is 8.58. The van der Waals surface area contributed by atoms with E-state index < -0.39 is 23.0 Å². The number of primary amides is 1. The molecule has 0 unspecified atom stereocenters. The molecule has 0 spiro atoms. The SMILES string of the molecule is CC.Cc1ccccc1C(C(N)=O)(c1ccc(F)cc1)c1ccc(F)cc1. The van der Waals surface area contributed by atoms with Crippen molar-refractivity contribution >= 4 is 5.91 Å². The molecule has 3 aromatic carbocycles. The number of benzene rings is 3. The van der Waals surface area contributed by atoms with E-state index in [1.807, 2.05) is 45.0 Å². The van der Waals surface area contributed by atoms with E-state index in [4.69, 9.17) is 5.73 Å². The highest BCUT2D eigenvalue weighted by atomic mass is 19.1. The van der Waals surface area contributed by atoms with Crippen LogP contribution in [0.1, 0.15) is 36.1 Å². The zero-order valence-corrected chi connectivity index (χ0v) is 15.7. The second-order valence-corrected chi connectivity index (χ2v) is 5.94. The van der Waals surface area contributed by atoms with Gasteiger partial charge in [0.25, 0.3) is 0 Å². The van der Waals surface area contributed by atoms with Crippen LogP contribution in [0.4, 0.5) is 8.78 Å². The van der Waals surface area contributed by atoms with Gasteiger partial charge in [-0.15, -0.1) is 0 Å². The molecule has 2 nitrogen and oxygen atoms in total. The normalized spacial score (nSPS) is 10.7. The summed E-state index contributed by atoms with van der Waals surface area (Å²) < 4.78 is 26.9. The highest BCUT2D eigenvalue weighted by molar-refractivity contribution is 5.95. The number of nitrogens with two attached hydrogens (primary N) is 1. The van der Waals surface area contributed by atoms with Gasteiger partial charge in [-0.2, -0.15) is 0 Å². The topological polar surface area (TPSA) is 43.1 Å². The van der Waals surface area contributed by atoms with Gasteiger partial charge in [0.1, 0.15) is 17.0 Å². The van der Waals surface area contributed by atoms with Crippen molar-refractivity contribution in [2.24, 2.45) is 5.73 Å². The Kier molecular flexibility index (Phi) is 6.45. The predicted octanol–water partition coefficient (Wildman–Crippen LogP) is 5.12. The molecule has 0 aliphatic carbocycles. The Morgan fingerprint density at radius 1 is 0.778 bits per heavy atom. The minimum Gasteiger partial charge on any atom is -0.368 e. The van der Waals surface area contributed by atoms with Gasteiger partial charge in [0.2, 0.25) is 5.91 Å². The number of hydrogen-bond acceptors (Lipinski definition) is 1. The zero-order valence-electron chi connectivity index (χ0n) is 15.7. The van der Waals surface area contributed by atoms with Crippen LogP contribution in [-0.4, -0.2) is 5.91 Å². The summed E-state index contributed by atoms with van der Waals surface area (Å²) in [6, 6.07) is 18.7. The largest absolute Gasteiger partial charge is 0.368 e. The van der Waals surface area contributed by atoms with Crippen molar-refractivity contribution in [3.63, 3.8) is 0 Å². The Morgan fingerprint density at radius 3 is 1.56 bits per heavy atom. The molecule has 3 rings (SSSR count). The first kappa shape index (κ1) is 20.3. The fourth-order valence-corrected chi connectivity index (χ4v) is 3.29. The van der Waals surface area contributed by atoms with Gasteiger partial charge >= 0.3 is 0 Å². The third-order valence-corrected chi connectivity index (χ3v) is 4.47. The number of carbonyl (C=O) groups excluding carboxylic acids is 1. The highest BCUT2D eigenvalue weighted by Crippen LogP contribution is 2.40. The fraction of sp³-hybridized carbons (Fsp3) is 0.174. The number of aryl methyl sites for hydroxylation is 1. The summed E-state index contributed by atoms with van der Waals surface area (Å²) in [6.07, 6.45) is 0. The van der Waals surface area contributed by atoms with Crippen molar-refractivity contribution < 1.29 is 13.6 Å². The van der Waals surface area contributed by atoms with Crippen molar-refractivity contribution in [2.75, 3.05) is 0 Å². The Bertz CT molecular complexity index is 857. The van der Waals surface area contributed by atoms with E-state index in [2.05, 4.69) is 0 Å². The Morgan fingerprint density at radius 2 is 1.19 bits per heavy atom. The fourth-order valence-electron chi connectivity index (χ4n) is 3.29. The van der Waals surface area contributed by atoms with Gasteiger partial charge in [0, 0.05) is 0 Å². The number of amides is 1. The van der Waals surface area contributed by atoms with Gasteiger partial charge in [-0.25, -0.2) is 8.78 Å². The molecule has 0 fully saturated rings. The summed E-state index contributed by atoms with van der Waals surface area (Å²) in [6.45, 7) is 5.88. The molecule has 0 saturated heterocycles. The van der Waals surface area contributed by atoms with E-state index in [1.54, 1.807) is 0 Å². The van der Waals surface area contributed by atoms with E-state index in [9.17, 15) is 13.6 Å². The summed E-state index contributed by atoms with van der Waals surface area (Å²) in [5.74, 6) is -1.43. The summed E-state index contributed by atoms with van der Waals surface area (Å²) in [5, 5.41) is 0. The Balaban J connectivity index is 0.00000126. The standard InChI is InChI=1S/C21H17F2NO.C2H6/c1-14-4-2-3-5-19(14)21(20(24)25,15-6-10-17(22)11-7-15)16-8-12-18(23)13-9-16;1-2/h2-13H,1H3,(H2,24,25);1-2H3. The van der Waals surface area contributed by atoms with Crippen LogP contribution in [0, 0.1) is 18.6 Å². The van der Waals surface area contributed by atoms with Gasteiger partial charge in [0.05, 0.1) is 0 Å². The average Bonchev–Trinajstić information content (AvgIpc) is 2.68. The first-order valence-electron chi connectivity index (χ1n) is 8.84. The number of carbonyl (C=O) groups is 1. The third kappa shape index (κ3) is 3.75. The quantitative estimate of drug-likeness (QED) is 0.639. The molecule has 140 valence electrons. The zero-order chi connectivity index (χ0) is 20.0.